The van der Waals surface area contributed by atoms with E-state index in [0.29, 0.717) is 18.2 Å². The van der Waals surface area contributed by atoms with E-state index in [1.165, 1.54) is 5.56 Å². The minimum absolute atomic E-state index is 0.303. The summed E-state index contributed by atoms with van der Waals surface area (Å²) in [5.41, 5.74) is 1.22. The van der Waals surface area contributed by atoms with E-state index in [4.69, 9.17) is 0 Å². The first-order valence-corrected chi connectivity index (χ1v) is 6.57. The average molecular weight is 233 g/mol. The Morgan fingerprint density at radius 3 is 2.53 bits per heavy atom. The fraction of sp³-hybridized carbons (Fsp3) is 0.533. The molecule has 1 atom stereocenters. The lowest BCUT2D eigenvalue weighted by atomic mass is 9.99. The summed E-state index contributed by atoms with van der Waals surface area (Å²) < 4.78 is 0. The number of hydrogen-bond acceptors (Lipinski definition) is 1. The number of hydrogen-bond donors (Lipinski definition) is 0. The molecule has 0 spiro atoms. The zero-order chi connectivity index (χ0) is 12.7. The summed E-state index contributed by atoms with van der Waals surface area (Å²) in [6.45, 7) is 7.89. The van der Waals surface area contributed by atoms with Crippen LogP contribution >= 0.6 is 0 Å². The molecule has 2 heteroatoms. The van der Waals surface area contributed by atoms with Gasteiger partial charge in [0.15, 0.2) is 0 Å². The number of rotatable bonds is 2. The molecule has 1 saturated heterocycles. The highest BCUT2D eigenvalue weighted by molar-refractivity contribution is 5.76. The van der Waals surface area contributed by atoms with Gasteiger partial charge in [-0.15, -0.1) is 0 Å². The summed E-state index contributed by atoms with van der Waals surface area (Å²) in [6.07, 6.45) is 1.76. The molecule has 1 aromatic rings. The van der Waals surface area contributed by atoms with Crippen LogP contribution in [0.25, 0.3) is 0 Å². The van der Waals surface area contributed by atoms with Gasteiger partial charge in [0.1, 0.15) is 0 Å². The van der Waals surface area contributed by atoms with Crippen molar-refractivity contribution in [2.75, 3.05) is 6.54 Å². The standard InChI is InChI=1S/C13H17NO.C2H6/c1-11-7-8-13(15)14(9-11)10-12-5-3-2-4-6-12;1-2/h2-6,11H,7-10H2,1H3;1-2H3. The molecule has 0 bridgehead atoms. The van der Waals surface area contributed by atoms with Crippen molar-refractivity contribution in [3.63, 3.8) is 0 Å². The second-order valence-electron chi connectivity index (χ2n) is 4.40. The van der Waals surface area contributed by atoms with Crippen molar-refractivity contribution in [2.24, 2.45) is 5.92 Å². The van der Waals surface area contributed by atoms with Crippen molar-refractivity contribution in [1.82, 2.24) is 4.90 Å². The van der Waals surface area contributed by atoms with Crippen molar-refractivity contribution < 1.29 is 4.79 Å². The second-order valence-corrected chi connectivity index (χ2v) is 4.40. The molecule has 0 saturated carbocycles. The van der Waals surface area contributed by atoms with E-state index in [0.717, 1.165) is 19.5 Å². The third-order valence-corrected chi connectivity index (χ3v) is 2.95. The molecule has 0 N–H and O–H groups in total. The van der Waals surface area contributed by atoms with Crippen LogP contribution in [0.15, 0.2) is 30.3 Å². The Kier molecular flexibility index (Phi) is 5.75. The average Bonchev–Trinajstić information content (AvgIpc) is 2.38. The largest absolute Gasteiger partial charge is 0.338 e. The van der Waals surface area contributed by atoms with Crippen molar-refractivity contribution in [3.05, 3.63) is 35.9 Å². The van der Waals surface area contributed by atoms with Gasteiger partial charge in [-0.1, -0.05) is 51.1 Å². The first kappa shape index (κ1) is 13.8. The van der Waals surface area contributed by atoms with Gasteiger partial charge in [0.25, 0.3) is 0 Å². The van der Waals surface area contributed by atoms with Crippen LogP contribution in [0.1, 0.15) is 39.2 Å². The van der Waals surface area contributed by atoms with E-state index >= 15 is 0 Å². The Hall–Kier alpha value is -1.31. The lowest BCUT2D eigenvalue weighted by Crippen LogP contribution is -2.38. The molecule has 17 heavy (non-hydrogen) atoms. The van der Waals surface area contributed by atoms with Gasteiger partial charge >= 0.3 is 0 Å². The molecule has 1 aliphatic heterocycles. The Bertz CT molecular complexity index is 334. The maximum Gasteiger partial charge on any atom is 0.222 e. The number of piperidine rings is 1. The fourth-order valence-electron chi connectivity index (χ4n) is 2.05. The molecular formula is C15H23NO. The van der Waals surface area contributed by atoms with Crippen LogP contribution in [-0.2, 0) is 11.3 Å². The molecule has 1 heterocycles. The van der Waals surface area contributed by atoms with Crippen LogP contribution < -0.4 is 0 Å². The van der Waals surface area contributed by atoms with Crippen molar-refractivity contribution in [1.29, 1.82) is 0 Å². The van der Waals surface area contributed by atoms with Gasteiger partial charge < -0.3 is 4.90 Å². The minimum Gasteiger partial charge on any atom is -0.338 e. The Balaban J connectivity index is 0.000000686. The molecule has 1 aromatic carbocycles. The van der Waals surface area contributed by atoms with Crippen LogP contribution in [0.5, 0.6) is 0 Å². The number of nitrogens with zero attached hydrogens (tertiary/aromatic N) is 1. The maximum atomic E-state index is 11.7. The summed E-state index contributed by atoms with van der Waals surface area (Å²) >= 11 is 0. The molecule has 0 radical (unpaired) electrons. The quantitative estimate of drug-likeness (QED) is 0.766. The van der Waals surface area contributed by atoms with E-state index in [1.54, 1.807) is 0 Å². The van der Waals surface area contributed by atoms with Crippen LogP contribution in [-0.4, -0.2) is 17.4 Å². The number of likely N-dealkylation sites (tertiary alicyclic amines) is 1. The topological polar surface area (TPSA) is 20.3 Å². The van der Waals surface area contributed by atoms with Crippen molar-refractivity contribution >= 4 is 5.91 Å². The zero-order valence-corrected chi connectivity index (χ0v) is 11.1. The zero-order valence-electron chi connectivity index (χ0n) is 11.1. The van der Waals surface area contributed by atoms with Crippen LogP contribution in [0.2, 0.25) is 0 Å². The summed E-state index contributed by atoms with van der Waals surface area (Å²) in [5, 5.41) is 0. The van der Waals surface area contributed by atoms with Gasteiger partial charge in [-0.3, -0.25) is 4.79 Å². The third kappa shape index (κ3) is 4.22. The molecule has 1 amide bonds. The van der Waals surface area contributed by atoms with Crippen molar-refractivity contribution in [2.45, 2.75) is 40.2 Å². The van der Waals surface area contributed by atoms with Crippen LogP contribution in [0.3, 0.4) is 0 Å². The second kappa shape index (κ2) is 7.10. The molecule has 1 unspecified atom stereocenters. The monoisotopic (exact) mass is 233 g/mol. The van der Waals surface area contributed by atoms with E-state index in [2.05, 4.69) is 19.1 Å². The Morgan fingerprint density at radius 1 is 1.24 bits per heavy atom. The van der Waals surface area contributed by atoms with Gasteiger partial charge in [0, 0.05) is 19.5 Å². The van der Waals surface area contributed by atoms with Gasteiger partial charge in [0.05, 0.1) is 0 Å². The Morgan fingerprint density at radius 2 is 1.88 bits per heavy atom. The van der Waals surface area contributed by atoms with E-state index in [9.17, 15) is 4.79 Å². The van der Waals surface area contributed by atoms with Crippen LogP contribution in [0, 0.1) is 5.92 Å². The molecular weight excluding hydrogens is 210 g/mol. The van der Waals surface area contributed by atoms with E-state index in [-0.39, 0.29) is 0 Å². The number of carbonyl (C=O) groups is 1. The summed E-state index contributed by atoms with van der Waals surface area (Å²) in [5.74, 6) is 0.948. The molecule has 2 rings (SSSR count). The first-order valence-electron chi connectivity index (χ1n) is 6.57. The maximum absolute atomic E-state index is 11.7. The lowest BCUT2D eigenvalue weighted by Gasteiger charge is -2.30. The predicted octanol–water partition coefficient (Wildman–Crippen LogP) is 3.47. The van der Waals surface area contributed by atoms with E-state index < -0.39 is 0 Å². The molecule has 2 nitrogen and oxygen atoms in total. The lowest BCUT2D eigenvalue weighted by molar-refractivity contribution is -0.135. The Labute approximate surface area is 105 Å². The fourth-order valence-corrected chi connectivity index (χ4v) is 2.05. The first-order chi connectivity index (χ1) is 8.25. The summed E-state index contributed by atoms with van der Waals surface area (Å²) in [4.78, 5) is 13.6. The summed E-state index contributed by atoms with van der Waals surface area (Å²) in [7, 11) is 0. The molecule has 94 valence electrons. The minimum atomic E-state index is 0.303. The smallest absolute Gasteiger partial charge is 0.222 e. The van der Waals surface area contributed by atoms with Crippen LogP contribution in [0.4, 0.5) is 0 Å². The molecule has 0 aromatic heterocycles. The highest BCUT2D eigenvalue weighted by atomic mass is 16.2. The van der Waals surface area contributed by atoms with Gasteiger partial charge in [-0.2, -0.15) is 0 Å². The van der Waals surface area contributed by atoms with E-state index in [1.807, 2.05) is 36.9 Å². The number of benzene rings is 1. The predicted molar refractivity (Wildman–Crippen MR) is 71.6 cm³/mol. The highest BCUT2D eigenvalue weighted by Crippen LogP contribution is 2.18. The third-order valence-electron chi connectivity index (χ3n) is 2.95. The molecule has 1 fully saturated rings. The van der Waals surface area contributed by atoms with Gasteiger partial charge in [-0.05, 0) is 17.9 Å². The highest BCUT2D eigenvalue weighted by Gasteiger charge is 2.22. The SMILES string of the molecule is CC.CC1CCC(=O)N(Cc2ccccc2)C1. The molecule has 1 aliphatic rings. The number of amides is 1. The van der Waals surface area contributed by atoms with Crippen molar-refractivity contribution in [3.8, 4) is 0 Å². The normalized spacial score (nSPS) is 19.6. The van der Waals surface area contributed by atoms with Gasteiger partial charge in [-0.25, -0.2) is 0 Å². The number of carbonyl (C=O) groups excluding carboxylic acids is 1. The summed E-state index contributed by atoms with van der Waals surface area (Å²) in [6, 6.07) is 10.2. The van der Waals surface area contributed by atoms with Gasteiger partial charge in [0.2, 0.25) is 5.91 Å². The molecule has 0 aliphatic carbocycles.